The van der Waals surface area contributed by atoms with Crippen LogP contribution in [0.15, 0.2) is 82.5 Å². The number of hydrogen-bond donors (Lipinski definition) is 1. The molecule has 3 rings (SSSR count). The lowest BCUT2D eigenvalue weighted by Crippen LogP contribution is -2.18. The number of hydrogen-bond acceptors (Lipinski definition) is 4. The smallest absolute Gasteiger partial charge is 0.275 e. The fourth-order valence-corrected chi connectivity index (χ4v) is 2.68. The monoisotopic (exact) mass is 409 g/mol. The molecule has 6 heteroatoms. The summed E-state index contributed by atoms with van der Waals surface area (Å²) < 4.78 is 6.80. The number of carbonyl (C=O) groups is 1. The predicted octanol–water partition coefficient (Wildman–Crippen LogP) is 4.19. The van der Waals surface area contributed by atoms with Gasteiger partial charge in [0, 0.05) is 10.7 Å². The topological polar surface area (TPSA) is 63.6 Å². The van der Waals surface area contributed by atoms with E-state index in [0.29, 0.717) is 23.6 Å². The molecule has 2 aromatic carbocycles. The minimum absolute atomic E-state index is 0.345. The van der Waals surface area contributed by atoms with Crippen molar-refractivity contribution < 1.29 is 9.53 Å². The van der Waals surface area contributed by atoms with Crippen molar-refractivity contribution in [3.63, 3.8) is 0 Å². The van der Waals surface area contributed by atoms with E-state index < -0.39 is 0 Å². The molecule has 0 atom stereocenters. The summed E-state index contributed by atoms with van der Waals surface area (Å²) in [6.45, 7) is 0.362. The summed E-state index contributed by atoms with van der Waals surface area (Å²) in [5.74, 6) is 0.153. The number of amides is 1. The second kappa shape index (κ2) is 8.92. The Morgan fingerprint density at radius 3 is 2.77 bits per heavy atom. The lowest BCUT2D eigenvalue weighted by molar-refractivity contribution is 0.0950. The first-order chi connectivity index (χ1) is 12.7. The van der Waals surface area contributed by atoms with Crippen LogP contribution in [0.25, 0.3) is 0 Å². The molecule has 1 aromatic heterocycles. The van der Waals surface area contributed by atoms with E-state index in [2.05, 4.69) is 31.4 Å². The Bertz CT molecular complexity index is 914. The molecule has 26 heavy (non-hydrogen) atoms. The summed E-state index contributed by atoms with van der Waals surface area (Å²) in [7, 11) is 0. The summed E-state index contributed by atoms with van der Waals surface area (Å²) in [6, 6.07) is 20.3. The number of benzene rings is 2. The van der Waals surface area contributed by atoms with Crippen LogP contribution in [0.2, 0.25) is 0 Å². The first-order valence-corrected chi connectivity index (χ1v) is 8.72. The van der Waals surface area contributed by atoms with Gasteiger partial charge in [0.1, 0.15) is 12.4 Å². The molecule has 0 saturated heterocycles. The molecule has 0 spiro atoms. The number of halogens is 1. The lowest BCUT2D eigenvalue weighted by Gasteiger charge is -2.10. The van der Waals surface area contributed by atoms with E-state index in [1.54, 1.807) is 30.5 Å². The van der Waals surface area contributed by atoms with Crippen LogP contribution in [0.5, 0.6) is 5.75 Å². The zero-order chi connectivity index (χ0) is 18.2. The van der Waals surface area contributed by atoms with Gasteiger partial charge in [0.25, 0.3) is 5.91 Å². The average Bonchev–Trinajstić information content (AvgIpc) is 2.67. The van der Waals surface area contributed by atoms with Crippen molar-refractivity contribution in [3.05, 3.63) is 94.2 Å². The number of aromatic nitrogens is 1. The molecule has 0 aliphatic heterocycles. The van der Waals surface area contributed by atoms with Crippen LogP contribution in [-0.4, -0.2) is 17.1 Å². The van der Waals surface area contributed by atoms with Gasteiger partial charge in [-0.05, 0) is 42.0 Å². The van der Waals surface area contributed by atoms with Crippen LogP contribution in [0.1, 0.15) is 21.6 Å². The van der Waals surface area contributed by atoms with Gasteiger partial charge in [0.05, 0.1) is 17.5 Å². The molecular weight excluding hydrogens is 394 g/mol. The summed E-state index contributed by atoms with van der Waals surface area (Å²) in [6.07, 6.45) is 3.15. The third-order valence-corrected chi connectivity index (χ3v) is 3.96. The van der Waals surface area contributed by atoms with Crippen LogP contribution >= 0.6 is 15.9 Å². The Morgan fingerprint density at radius 1 is 1.12 bits per heavy atom. The number of nitrogens with one attached hydrogen (secondary N) is 1. The van der Waals surface area contributed by atoms with E-state index in [1.165, 1.54) is 6.21 Å². The first-order valence-electron chi connectivity index (χ1n) is 7.93. The van der Waals surface area contributed by atoms with Gasteiger partial charge in [-0.15, -0.1) is 0 Å². The van der Waals surface area contributed by atoms with E-state index in [-0.39, 0.29) is 5.91 Å². The van der Waals surface area contributed by atoms with Crippen molar-refractivity contribution >= 4 is 28.1 Å². The Labute approximate surface area is 159 Å². The Balaban J connectivity index is 1.66. The van der Waals surface area contributed by atoms with Gasteiger partial charge < -0.3 is 4.74 Å². The van der Waals surface area contributed by atoms with Crippen molar-refractivity contribution in [2.75, 3.05) is 0 Å². The second-order valence-electron chi connectivity index (χ2n) is 5.37. The van der Waals surface area contributed by atoms with Crippen LogP contribution in [-0.2, 0) is 6.61 Å². The van der Waals surface area contributed by atoms with Crippen molar-refractivity contribution in [1.29, 1.82) is 0 Å². The number of para-hydroxylation sites is 1. The fraction of sp³-hybridized carbons (Fsp3) is 0.0500. The van der Waals surface area contributed by atoms with Gasteiger partial charge in [-0.3, -0.25) is 9.78 Å². The minimum Gasteiger partial charge on any atom is -0.488 e. The zero-order valence-corrected chi connectivity index (χ0v) is 15.4. The van der Waals surface area contributed by atoms with Gasteiger partial charge in [-0.1, -0.05) is 46.3 Å². The fourth-order valence-electron chi connectivity index (χ4n) is 2.24. The van der Waals surface area contributed by atoms with Gasteiger partial charge in [-0.2, -0.15) is 5.10 Å². The Morgan fingerprint density at radius 2 is 1.96 bits per heavy atom. The molecule has 1 amide bonds. The van der Waals surface area contributed by atoms with Crippen molar-refractivity contribution in [1.82, 2.24) is 10.4 Å². The standard InChI is InChI=1S/C20H16BrN3O2/c21-16-7-5-6-15(12-16)14-26-19-10-2-1-9-18(19)20(25)24-23-13-17-8-3-4-11-22-17/h1-13H,14H2,(H,24,25). The number of rotatable bonds is 6. The second-order valence-corrected chi connectivity index (χ2v) is 6.28. The molecule has 0 fully saturated rings. The van der Waals surface area contributed by atoms with Crippen LogP contribution in [0, 0.1) is 0 Å². The van der Waals surface area contributed by atoms with E-state index in [1.807, 2.05) is 42.5 Å². The molecular formula is C20H16BrN3O2. The van der Waals surface area contributed by atoms with E-state index in [9.17, 15) is 4.79 Å². The van der Waals surface area contributed by atoms with Crippen molar-refractivity contribution in [3.8, 4) is 5.75 Å². The van der Waals surface area contributed by atoms with Crippen molar-refractivity contribution in [2.24, 2.45) is 5.10 Å². The maximum absolute atomic E-state index is 12.4. The largest absolute Gasteiger partial charge is 0.488 e. The van der Waals surface area contributed by atoms with Gasteiger partial charge in [0.2, 0.25) is 0 Å². The van der Waals surface area contributed by atoms with E-state index >= 15 is 0 Å². The molecule has 1 heterocycles. The van der Waals surface area contributed by atoms with Crippen LogP contribution < -0.4 is 10.2 Å². The zero-order valence-electron chi connectivity index (χ0n) is 13.8. The van der Waals surface area contributed by atoms with Gasteiger partial charge >= 0.3 is 0 Å². The maximum atomic E-state index is 12.4. The quantitative estimate of drug-likeness (QED) is 0.490. The third kappa shape index (κ3) is 5.00. The number of hydrazone groups is 1. The van der Waals surface area contributed by atoms with Gasteiger partial charge in [0.15, 0.2) is 0 Å². The molecule has 130 valence electrons. The molecule has 0 bridgehead atoms. The highest BCUT2D eigenvalue weighted by Crippen LogP contribution is 2.20. The molecule has 0 unspecified atom stereocenters. The molecule has 0 aliphatic carbocycles. The normalized spacial score (nSPS) is 10.7. The highest BCUT2D eigenvalue weighted by molar-refractivity contribution is 9.10. The third-order valence-electron chi connectivity index (χ3n) is 3.47. The average molecular weight is 410 g/mol. The minimum atomic E-state index is -0.345. The molecule has 0 saturated carbocycles. The molecule has 1 N–H and O–H groups in total. The lowest BCUT2D eigenvalue weighted by atomic mass is 10.2. The van der Waals surface area contributed by atoms with Gasteiger partial charge in [-0.25, -0.2) is 5.43 Å². The van der Waals surface area contributed by atoms with Crippen molar-refractivity contribution in [2.45, 2.75) is 6.61 Å². The predicted molar refractivity (Wildman–Crippen MR) is 104 cm³/mol. The SMILES string of the molecule is O=C(NN=Cc1ccccn1)c1ccccc1OCc1cccc(Br)c1. The summed E-state index contributed by atoms with van der Waals surface area (Å²) in [5.41, 5.74) is 4.58. The van der Waals surface area contributed by atoms with Crippen LogP contribution in [0.3, 0.4) is 0 Å². The number of ether oxygens (including phenoxy) is 1. The highest BCUT2D eigenvalue weighted by Gasteiger charge is 2.11. The molecule has 0 radical (unpaired) electrons. The molecule has 5 nitrogen and oxygen atoms in total. The Hall–Kier alpha value is -2.99. The summed E-state index contributed by atoms with van der Waals surface area (Å²) in [4.78, 5) is 16.5. The van der Waals surface area contributed by atoms with E-state index in [0.717, 1.165) is 10.0 Å². The molecule has 3 aromatic rings. The number of carbonyl (C=O) groups excluding carboxylic acids is 1. The number of pyridine rings is 1. The Kier molecular flexibility index (Phi) is 6.11. The first kappa shape index (κ1) is 17.8. The van der Waals surface area contributed by atoms with Crippen LogP contribution in [0.4, 0.5) is 0 Å². The maximum Gasteiger partial charge on any atom is 0.275 e. The van der Waals surface area contributed by atoms with E-state index in [4.69, 9.17) is 4.74 Å². The molecule has 0 aliphatic rings. The highest BCUT2D eigenvalue weighted by atomic mass is 79.9. The summed E-state index contributed by atoms with van der Waals surface area (Å²) >= 11 is 3.43. The summed E-state index contributed by atoms with van der Waals surface area (Å²) in [5, 5.41) is 3.94. The number of nitrogens with zero attached hydrogens (tertiary/aromatic N) is 2.